The number of benzene rings is 2. The third kappa shape index (κ3) is 3.95. The lowest BCUT2D eigenvalue weighted by Gasteiger charge is -2.07. The van der Waals surface area contributed by atoms with Crippen LogP contribution < -0.4 is 9.47 Å². The van der Waals surface area contributed by atoms with E-state index in [4.69, 9.17) is 9.47 Å². The van der Waals surface area contributed by atoms with Gasteiger partial charge in [0, 0.05) is 5.56 Å². The zero-order chi connectivity index (χ0) is 14.4. The van der Waals surface area contributed by atoms with Crippen molar-refractivity contribution in [2.75, 3.05) is 6.61 Å². The van der Waals surface area contributed by atoms with E-state index in [-0.39, 0.29) is 6.61 Å². The van der Waals surface area contributed by atoms with E-state index in [2.05, 4.69) is 0 Å². The highest BCUT2D eigenvalue weighted by Gasteiger charge is 2.06. The topological polar surface area (TPSA) is 52.6 Å². The Morgan fingerprint density at radius 1 is 1.00 bits per heavy atom. The summed E-state index contributed by atoms with van der Waals surface area (Å²) in [5.41, 5.74) is 1.65. The Kier molecular flexibility index (Phi) is 4.50. The van der Waals surface area contributed by atoms with Gasteiger partial charge in [-0.1, -0.05) is 17.7 Å². The normalized spacial score (nSPS) is 9.85. The van der Waals surface area contributed by atoms with E-state index in [0.717, 1.165) is 11.8 Å². The van der Waals surface area contributed by atoms with Gasteiger partial charge in [0.2, 0.25) is 0 Å². The van der Waals surface area contributed by atoms with E-state index in [1.54, 1.807) is 36.4 Å². The number of ether oxygens (including phenoxy) is 2. The summed E-state index contributed by atoms with van der Waals surface area (Å²) in [5.74, 6) is 0.501. The van der Waals surface area contributed by atoms with Crippen LogP contribution in [-0.4, -0.2) is 18.9 Å². The smallest absolute Gasteiger partial charge is 0.349 e. The predicted molar refractivity (Wildman–Crippen MR) is 74.1 cm³/mol. The van der Waals surface area contributed by atoms with Crippen molar-refractivity contribution < 1.29 is 19.1 Å². The molecule has 0 aromatic heterocycles. The molecule has 0 aliphatic heterocycles. The molecule has 0 fully saturated rings. The molecule has 0 bridgehead atoms. The first-order valence-electron chi connectivity index (χ1n) is 6.13. The van der Waals surface area contributed by atoms with Gasteiger partial charge in [0.15, 0.2) is 6.61 Å². The molecule has 20 heavy (non-hydrogen) atoms. The van der Waals surface area contributed by atoms with Crippen LogP contribution in [0.3, 0.4) is 0 Å². The second-order valence-corrected chi connectivity index (χ2v) is 4.26. The van der Waals surface area contributed by atoms with Gasteiger partial charge in [-0.05, 0) is 43.3 Å². The van der Waals surface area contributed by atoms with E-state index >= 15 is 0 Å². The molecule has 0 amide bonds. The Labute approximate surface area is 116 Å². The Balaban J connectivity index is 1.85. The molecular weight excluding hydrogens is 256 g/mol. The molecule has 2 rings (SSSR count). The lowest BCUT2D eigenvalue weighted by Crippen LogP contribution is -2.17. The Morgan fingerprint density at radius 3 is 2.20 bits per heavy atom. The lowest BCUT2D eigenvalue weighted by molar-refractivity contribution is -0.136. The second kappa shape index (κ2) is 6.52. The molecule has 4 nitrogen and oxygen atoms in total. The van der Waals surface area contributed by atoms with Gasteiger partial charge in [0.25, 0.3) is 0 Å². The van der Waals surface area contributed by atoms with Crippen LogP contribution in [0.15, 0.2) is 48.5 Å². The standard InChI is InChI=1S/C16H14O4/c1-12-2-6-14(7-3-12)19-11-16(18)20-15-8-4-13(10-17)5-9-15/h2-10H,11H2,1H3. The van der Waals surface area contributed by atoms with E-state index in [0.29, 0.717) is 17.1 Å². The molecule has 2 aromatic rings. The molecule has 0 saturated carbocycles. The van der Waals surface area contributed by atoms with Gasteiger partial charge in [-0.3, -0.25) is 4.79 Å². The fourth-order valence-electron chi connectivity index (χ4n) is 1.55. The molecule has 0 radical (unpaired) electrons. The summed E-state index contributed by atoms with van der Waals surface area (Å²) in [4.78, 5) is 22.1. The van der Waals surface area contributed by atoms with E-state index in [1.165, 1.54) is 0 Å². The summed E-state index contributed by atoms with van der Waals surface area (Å²) >= 11 is 0. The van der Waals surface area contributed by atoms with Crippen LogP contribution in [0, 0.1) is 6.92 Å². The highest BCUT2D eigenvalue weighted by molar-refractivity contribution is 5.76. The van der Waals surface area contributed by atoms with Crippen molar-refractivity contribution in [3.05, 3.63) is 59.7 Å². The molecule has 2 aromatic carbocycles. The maximum atomic E-state index is 11.6. The monoisotopic (exact) mass is 270 g/mol. The van der Waals surface area contributed by atoms with Gasteiger partial charge in [-0.15, -0.1) is 0 Å². The average molecular weight is 270 g/mol. The summed E-state index contributed by atoms with van der Waals surface area (Å²) in [7, 11) is 0. The van der Waals surface area contributed by atoms with Crippen molar-refractivity contribution in [3.63, 3.8) is 0 Å². The number of rotatable bonds is 5. The minimum absolute atomic E-state index is 0.168. The van der Waals surface area contributed by atoms with Crippen LogP contribution in [0.1, 0.15) is 15.9 Å². The SMILES string of the molecule is Cc1ccc(OCC(=O)Oc2ccc(C=O)cc2)cc1. The van der Waals surface area contributed by atoms with E-state index < -0.39 is 5.97 Å². The van der Waals surface area contributed by atoms with Crippen molar-refractivity contribution in [2.24, 2.45) is 0 Å². The fraction of sp³-hybridized carbons (Fsp3) is 0.125. The van der Waals surface area contributed by atoms with Gasteiger partial charge in [0.1, 0.15) is 17.8 Å². The first-order chi connectivity index (χ1) is 9.67. The number of carbonyl (C=O) groups excluding carboxylic acids is 2. The molecule has 0 N–H and O–H groups in total. The number of esters is 1. The maximum Gasteiger partial charge on any atom is 0.349 e. The predicted octanol–water partition coefficient (Wildman–Crippen LogP) is 2.79. The number of hydrogen-bond acceptors (Lipinski definition) is 4. The van der Waals surface area contributed by atoms with Gasteiger partial charge >= 0.3 is 5.97 Å². The molecule has 102 valence electrons. The van der Waals surface area contributed by atoms with Crippen LogP contribution in [0.2, 0.25) is 0 Å². The summed E-state index contributed by atoms with van der Waals surface area (Å²) in [6.45, 7) is 1.81. The average Bonchev–Trinajstić information content (AvgIpc) is 2.47. The number of aryl methyl sites for hydroxylation is 1. The van der Waals surface area contributed by atoms with Crippen LogP contribution >= 0.6 is 0 Å². The summed E-state index contributed by atoms with van der Waals surface area (Å²) in [6, 6.07) is 13.7. The Hall–Kier alpha value is -2.62. The summed E-state index contributed by atoms with van der Waals surface area (Å²) < 4.78 is 10.4. The first-order valence-corrected chi connectivity index (χ1v) is 6.13. The summed E-state index contributed by atoms with van der Waals surface area (Å²) in [6.07, 6.45) is 0.728. The van der Waals surface area contributed by atoms with Gasteiger partial charge in [-0.2, -0.15) is 0 Å². The summed E-state index contributed by atoms with van der Waals surface area (Å²) in [5, 5.41) is 0. The zero-order valence-corrected chi connectivity index (χ0v) is 11.0. The van der Waals surface area contributed by atoms with Crippen molar-refractivity contribution >= 4 is 12.3 Å². The van der Waals surface area contributed by atoms with Crippen LogP contribution in [-0.2, 0) is 4.79 Å². The molecule has 0 atom stereocenters. The molecule has 0 aliphatic rings. The highest BCUT2D eigenvalue weighted by Crippen LogP contribution is 2.13. The first kappa shape index (κ1) is 13.8. The van der Waals surface area contributed by atoms with Crippen LogP contribution in [0.5, 0.6) is 11.5 Å². The van der Waals surface area contributed by atoms with Crippen molar-refractivity contribution in [1.29, 1.82) is 0 Å². The maximum absolute atomic E-state index is 11.6. The minimum Gasteiger partial charge on any atom is -0.482 e. The van der Waals surface area contributed by atoms with Gasteiger partial charge < -0.3 is 9.47 Å². The molecular formula is C16H14O4. The molecule has 0 heterocycles. The lowest BCUT2D eigenvalue weighted by atomic mass is 10.2. The van der Waals surface area contributed by atoms with Crippen molar-refractivity contribution in [2.45, 2.75) is 6.92 Å². The minimum atomic E-state index is -0.496. The van der Waals surface area contributed by atoms with E-state index in [9.17, 15) is 9.59 Å². The quantitative estimate of drug-likeness (QED) is 0.476. The van der Waals surface area contributed by atoms with Crippen molar-refractivity contribution in [3.8, 4) is 11.5 Å². The highest BCUT2D eigenvalue weighted by atomic mass is 16.6. The molecule has 4 heteroatoms. The Bertz CT molecular complexity index is 585. The van der Waals surface area contributed by atoms with Gasteiger partial charge in [-0.25, -0.2) is 4.79 Å². The second-order valence-electron chi connectivity index (χ2n) is 4.26. The van der Waals surface area contributed by atoms with Gasteiger partial charge in [0.05, 0.1) is 0 Å². The van der Waals surface area contributed by atoms with E-state index in [1.807, 2.05) is 19.1 Å². The third-order valence-corrected chi connectivity index (χ3v) is 2.63. The number of carbonyl (C=O) groups is 2. The fourth-order valence-corrected chi connectivity index (χ4v) is 1.55. The van der Waals surface area contributed by atoms with Crippen LogP contribution in [0.4, 0.5) is 0 Å². The van der Waals surface area contributed by atoms with Crippen molar-refractivity contribution in [1.82, 2.24) is 0 Å². The molecule has 0 unspecified atom stereocenters. The molecule has 0 aliphatic carbocycles. The van der Waals surface area contributed by atoms with Crippen LogP contribution in [0.25, 0.3) is 0 Å². The third-order valence-electron chi connectivity index (χ3n) is 2.63. The number of hydrogen-bond donors (Lipinski definition) is 0. The largest absolute Gasteiger partial charge is 0.482 e. The zero-order valence-electron chi connectivity index (χ0n) is 11.0. The molecule has 0 spiro atoms. The molecule has 0 saturated heterocycles. The Morgan fingerprint density at radius 2 is 1.60 bits per heavy atom. The number of aldehydes is 1.